The van der Waals surface area contributed by atoms with E-state index in [2.05, 4.69) is 44.7 Å². The fourth-order valence-electron chi connectivity index (χ4n) is 2.31. The third-order valence-electron chi connectivity index (χ3n) is 3.99. The number of carbonyl (C=O) groups is 2. The lowest BCUT2D eigenvalue weighted by atomic mass is 10.2. The number of anilines is 2. The number of hydrogen-bond donors (Lipinski definition) is 4. The molecule has 1 amide bonds. The van der Waals surface area contributed by atoms with Gasteiger partial charge in [-0.2, -0.15) is 5.10 Å². The molecule has 0 atom stereocenters. The number of amides is 1. The molecule has 0 aliphatic heterocycles. The van der Waals surface area contributed by atoms with E-state index in [0.29, 0.717) is 18.7 Å². The molecule has 0 saturated carbocycles. The summed E-state index contributed by atoms with van der Waals surface area (Å²) in [6.07, 6.45) is 0. The Labute approximate surface area is 193 Å². The minimum atomic E-state index is -1.26. The van der Waals surface area contributed by atoms with Gasteiger partial charge >= 0.3 is 5.97 Å². The highest BCUT2D eigenvalue weighted by Gasteiger charge is 2.17. The van der Waals surface area contributed by atoms with Gasteiger partial charge in [0.2, 0.25) is 0 Å². The maximum Gasteiger partial charge on any atom is 0.353 e. The number of carbonyl (C=O) groups excluding carboxylic acids is 1. The van der Waals surface area contributed by atoms with Crippen molar-refractivity contribution in [1.29, 1.82) is 0 Å². The molecule has 12 heteroatoms. The van der Waals surface area contributed by atoms with Gasteiger partial charge < -0.3 is 21.1 Å². The van der Waals surface area contributed by atoms with E-state index in [1.165, 1.54) is 11.3 Å². The fourth-order valence-corrected chi connectivity index (χ4v) is 2.54. The molecule has 0 spiro atoms. The second-order valence-electron chi connectivity index (χ2n) is 6.44. The summed E-state index contributed by atoms with van der Waals surface area (Å²) < 4.78 is 25.9. The molecule has 1 aromatic heterocycles. The Kier molecular flexibility index (Phi) is 10.0. The van der Waals surface area contributed by atoms with Gasteiger partial charge in [-0.1, -0.05) is 23.7 Å². The van der Waals surface area contributed by atoms with E-state index in [1.807, 2.05) is 14.1 Å². The Bertz CT molecular complexity index is 1080. The van der Waals surface area contributed by atoms with Crippen LogP contribution in [0.15, 0.2) is 42.5 Å². The third kappa shape index (κ3) is 7.19. The van der Waals surface area contributed by atoms with Gasteiger partial charge in [-0.25, -0.2) is 13.6 Å². The summed E-state index contributed by atoms with van der Waals surface area (Å²) in [6, 6.07) is 10.6. The number of rotatable bonds is 5. The Hall–Kier alpha value is -3.21. The van der Waals surface area contributed by atoms with Gasteiger partial charge in [0.15, 0.2) is 17.5 Å². The minimum absolute atomic E-state index is 0. The lowest BCUT2D eigenvalue weighted by Crippen LogP contribution is -2.13. The van der Waals surface area contributed by atoms with Gasteiger partial charge in [0.05, 0.1) is 10.6 Å². The highest BCUT2D eigenvalue weighted by atomic mass is 35.5. The van der Waals surface area contributed by atoms with Crippen molar-refractivity contribution in [1.82, 2.24) is 10.2 Å². The molecule has 5 N–H and O–H groups in total. The van der Waals surface area contributed by atoms with Crippen LogP contribution >= 0.6 is 24.0 Å². The smallest absolute Gasteiger partial charge is 0.353 e. The SMILES string of the molecule is CN(C)c1ccc(CN)cc1.Cl.O=C(O)c1cc(NC(=O)c2cc(F)c(F)cc2Cl)n[nH]1. The number of carboxylic acids is 1. The van der Waals surface area contributed by atoms with E-state index in [4.69, 9.17) is 22.4 Å². The third-order valence-corrected chi connectivity index (χ3v) is 4.31. The van der Waals surface area contributed by atoms with Crippen molar-refractivity contribution in [2.24, 2.45) is 5.73 Å². The summed E-state index contributed by atoms with van der Waals surface area (Å²) in [5.41, 5.74) is 7.31. The second-order valence-corrected chi connectivity index (χ2v) is 6.84. The van der Waals surface area contributed by atoms with Crippen molar-refractivity contribution in [3.63, 3.8) is 0 Å². The number of carboxylic acid groups (broad SMARTS) is 1. The number of aromatic carboxylic acids is 1. The molecule has 0 unspecified atom stereocenters. The molecule has 32 heavy (non-hydrogen) atoms. The van der Waals surface area contributed by atoms with Crippen LogP contribution in [0.1, 0.15) is 26.4 Å². The highest BCUT2D eigenvalue weighted by molar-refractivity contribution is 6.34. The van der Waals surface area contributed by atoms with Crippen molar-refractivity contribution in [2.75, 3.05) is 24.3 Å². The van der Waals surface area contributed by atoms with Crippen molar-refractivity contribution < 1.29 is 23.5 Å². The van der Waals surface area contributed by atoms with E-state index in [0.717, 1.165) is 6.07 Å². The number of halogens is 4. The number of benzene rings is 2. The first-order valence-electron chi connectivity index (χ1n) is 8.83. The van der Waals surface area contributed by atoms with Crippen molar-refractivity contribution in [3.05, 3.63) is 75.9 Å². The van der Waals surface area contributed by atoms with E-state index in [1.54, 1.807) is 0 Å². The van der Waals surface area contributed by atoms with Crippen molar-refractivity contribution >= 4 is 47.4 Å². The lowest BCUT2D eigenvalue weighted by Gasteiger charge is -2.11. The summed E-state index contributed by atoms with van der Waals surface area (Å²) in [4.78, 5) is 24.5. The zero-order valence-corrected chi connectivity index (χ0v) is 18.6. The molecular weight excluding hydrogens is 467 g/mol. The van der Waals surface area contributed by atoms with Crippen molar-refractivity contribution in [3.8, 4) is 0 Å². The predicted octanol–water partition coefficient (Wildman–Crippen LogP) is 3.92. The largest absolute Gasteiger partial charge is 0.477 e. The summed E-state index contributed by atoms with van der Waals surface area (Å²) in [5.74, 6) is -4.61. The normalized spacial score (nSPS) is 9.81. The average Bonchev–Trinajstić information content (AvgIpc) is 3.20. The van der Waals surface area contributed by atoms with Gasteiger partial charge in [-0.15, -0.1) is 12.4 Å². The molecule has 0 fully saturated rings. The van der Waals surface area contributed by atoms with Gasteiger partial charge in [0.1, 0.15) is 5.69 Å². The van der Waals surface area contributed by atoms with Gasteiger partial charge in [0.25, 0.3) is 5.91 Å². The van der Waals surface area contributed by atoms with E-state index >= 15 is 0 Å². The Balaban J connectivity index is 0.000000364. The first kappa shape index (κ1) is 26.8. The predicted molar refractivity (Wildman–Crippen MR) is 121 cm³/mol. The Morgan fingerprint density at radius 1 is 1.16 bits per heavy atom. The molecule has 3 rings (SSSR count). The maximum atomic E-state index is 13.1. The quantitative estimate of drug-likeness (QED) is 0.404. The van der Waals surface area contributed by atoms with E-state index < -0.39 is 23.5 Å². The zero-order valence-electron chi connectivity index (χ0n) is 17.0. The monoisotopic (exact) mass is 487 g/mol. The number of hydrogen-bond acceptors (Lipinski definition) is 5. The number of H-pyrrole nitrogens is 1. The van der Waals surface area contributed by atoms with Gasteiger partial charge in [-0.3, -0.25) is 9.89 Å². The van der Waals surface area contributed by atoms with Crippen LogP contribution < -0.4 is 16.0 Å². The molecule has 0 bridgehead atoms. The van der Waals surface area contributed by atoms with Crippen LogP contribution in [0, 0.1) is 11.6 Å². The Morgan fingerprint density at radius 3 is 2.25 bits per heavy atom. The Morgan fingerprint density at radius 2 is 1.75 bits per heavy atom. The molecule has 2 aromatic carbocycles. The number of nitrogens with two attached hydrogens (primary N) is 1. The van der Waals surface area contributed by atoms with E-state index in [9.17, 15) is 18.4 Å². The fraction of sp³-hybridized carbons (Fsp3) is 0.150. The molecule has 0 saturated heterocycles. The van der Waals surface area contributed by atoms with Crippen molar-refractivity contribution in [2.45, 2.75) is 6.54 Å². The van der Waals surface area contributed by atoms with Crippen LogP contribution in [0.5, 0.6) is 0 Å². The molecule has 1 heterocycles. The molecule has 0 aliphatic rings. The first-order chi connectivity index (χ1) is 14.6. The maximum absolute atomic E-state index is 13.1. The van der Waals surface area contributed by atoms with Crippen LogP contribution in [0.3, 0.4) is 0 Å². The van der Waals surface area contributed by atoms with Gasteiger partial charge in [0, 0.05) is 32.4 Å². The molecule has 172 valence electrons. The van der Waals surface area contributed by atoms with Crippen LogP contribution in [0.25, 0.3) is 0 Å². The highest BCUT2D eigenvalue weighted by Crippen LogP contribution is 2.21. The molecular formula is C20H21Cl2F2N5O3. The molecule has 0 radical (unpaired) electrons. The second kappa shape index (κ2) is 12.0. The van der Waals surface area contributed by atoms with Gasteiger partial charge in [-0.05, 0) is 29.8 Å². The summed E-state index contributed by atoms with van der Waals surface area (Å²) in [5, 5.41) is 16.3. The number of aromatic amines is 1. The summed E-state index contributed by atoms with van der Waals surface area (Å²) >= 11 is 5.63. The van der Waals surface area contributed by atoms with Crippen LogP contribution in [-0.4, -0.2) is 41.3 Å². The standard InChI is InChI=1S/C11H6ClF2N3O3.C9H14N2.ClH/c12-5-2-7(14)6(13)1-4(5)10(18)15-9-3-8(11(19)20)16-17-9;1-11(2)9-5-3-8(7-10)4-6-9;/h1-3H,(H,19,20)(H2,15,16,17,18);3-6H,7,10H2,1-2H3;1H. The van der Waals surface area contributed by atoms with E-state index in [-0.39, 0.29) is 34.5 Å². The molecule has 3 aromatic rings. The topological polar surface area (TPSA) is 124 Å². The van der Waals surface area contributed by atoms with Crippen LogP contribution in [0.2, 0.25) is 5.02 Å². The molecule has 0 aliphatic carbocycles. The van der Waals surface area contributed by atoms with Crippen LogP contribution in [0.4, 0.5) is 20.3 Å². The number of nitrogens with zero attached hydrogens (tertiary/aromatic N) is 2. The van der Waals surface area contributed by atoms with Crippen LogP contribution in [-0.2, 0) is 6.54 Å². The number of aromatic nitrogens is 2. The minimum Gasteiger partial charge on any atom is -0.477 e. The molecule has 8 nitrogen and oxygen atoms in total. The first-order valence-corrected chi connectivity index (χ1v) is 9.21. The average molecular weight is 488 g/mol. The lowest BCUT2D eigenvalue weighted by molar-refractivity contribution is 0.0690. The summed E-state index contributed by atoms with van der Waals surface area (Å²) in [6.45, 7) is 0.619. The zero-order chi connectivity index (χ0) is 23.1. The summed E-state index contributed by atoms with van der Waals surface area (Å²) in [7, 11) is 4.05. The number of nitrogens with one attached hydrogen (secondary N) is 2.